The number of nitrogens with zero attached hydrogens (tertiary/aromatic N) is 1. The standard InChI is InChI=1S/C21H17N3O7/c1-12-3-7-14(8-4-12)20(26)31-16-10-6-13(11-17(16)30-2)5-9-15-18(24(28)29)19(25)23-21(27)22-15/h3-11H,1-2H3,(H2,22,23,25,27). The Balaban J connectivity index is 1.88. The summed E-state index contributed by atoms with van der Waals surface area (Å²) in [6.45, 7) is 1.90. The molecule has 2 N–H and O–H groups in total. The molecule has 0 fully saturated rings. The maximum absolute atomic E-state index is 12.3. The molecule has 0 bridgehead atoms. The molecule has 0 aliphatic carbocycles. The number of aromatic nitrogens is 2. The maximum Gasteiger partial charge on any atom is 0.357 e. The van der Waals surface area contributed by atoms with Gasteiger partial charge < -0.3 is 14.5 Å². The van der Waals surface area contributed by atoms with Crippen molar-refractivity contribution in [3.8, 4) is 11.5 Å². The van der Waals surface area contributed by atoms with Crippen molar-refractivity contribution in [1.82, 2.24) is 9.97 Å². The van der Waals surface area contributed by atoms with Crippen molar-refractivity contribution in [2.75, 3.05) is 7.11 Å². The zero-order valence-electron chi connectivity index (χ0n) is 16.5. The summed E-state index contributed by atoms with van der Waals surface area (Å²) in [5, 5.41) is 11.1. The topological polar surface area (TPSA) is 144 Å². The van der Waals surface area contributed by atoms with E-state index in [-0.39, 0.29) is 17.2 Å². The zero-order valence-corrected chi connectivity index (χ0v) is 16.5. The summed E-state index contributed by atoms with van der Waals surface area (Å²) in [6, 6.07) is 11.5. The highest BCUT2D eigenvalue weighted by Gasteiger charge is 2.19. The van der Waals surface area contributed by atoms with Crippen LogP contribution in [0.5, 0.6) is 11.5 Å². The fourth-order valence-electron chi connectivity index (χ4n) is 2.70. The summed E-state index contributed by atoms with van der Waals surface area (Å²) >= 11 is 0. The number of methoxy groups -OCH3 is 1. The molecule has 0 radical (unpaired) electrons. The number of aryl methyl sites for hydroxylation is 1. The Morgan fingerprint density at radius 2 is 1.74 bits per heavy atom. The van der Waals surface area contributed by atoms with E-state index >= 15 is 0 Å². The van der Waals surface area contributed by atoms with Crippen LogP contribution in [0, 0.1) is 17.0 Å². The van der Waals surface area contributed by atoms with Crippen molar-refractivity contribution in [3.05, 3.63) is 95.8 Å². The van der Waals surface area contributed by atoms with Gasteiger partial charge in [0.25, 0.3) is 0 Å². The number of rotatable bonds is 6. The monoisotopic (exact) mass is 423 g/mol. The summed E-state index contributed by atoms with van der Waals surface area (Å²) in [5.74, 6) is -0.129. The van der Waals surface area contributed by atoms with E-state index in [0.29, 0.717) is 11.1 Å². The molecule has 10 heteroatoms. The summed E-state index contributed by atoms with van der Waals surface area (Å²) in [7, 11) is 1.39. The van der Waals surface area contributed by atoms with E-state index in [2.05, 4.69) is 4.98 Å². The number of hydrogen-bond donors (Lipinski definition) is 2. The SMILES string of the molecule is COc1cc(C=Cc2[nH]c(=O)[nH]c(=O)c2[N+](=O)[O-])ccc1OC(=O)c1ccc(C)cc1. The van der Waals surface area contributed by atoms with Crippen molar-refractivity contribution in [1.29, 1.82) is 0 Å². The first kappa shape index (κ1) is 21.2. The largest absolute Gasteiger partial charge is 0.493 e. The van der Waals surface area contributed by atoms with Crippen LogP contribution in [0.4, 0.5) is 5.69 Å². The van der Waals surface area contributed by atoms with Crippen LogP contribution in [0.15, 0.2) is 52.1 Å². The number of aromatic amines is 2. The Morgan fingerprint density at radius 1 is 1.03 bits per heavy atom. The smallest absolute Gasteiger partial charge is 0.357 e. The fraction of sp³-hybridized carbons (Fsp3) is 0.0952. The van der Waals surface area contributed by atoms with Crippen LogP contribution in [0.25, 0.3) is 12.2 Å². The Kier molecular flexibility index (Phi) is 6.10. The highest BCUT2D eigenvalue weighted by molar-refractivity contribution is 5.91. The van der Waals surface area contributed by atoms with Gasteiger partial charge in [-0.2, -0.15) is 0 Å². The van der Waals surface area contributed by atoms with E-state index < -0.39 is 27.8 Å². The van der Waals surface area contributed by atoms with Gasteiger partial charge in [-0.25, -0.2) is 9.59 Å². The van der Waals surface area contributed by atoms with Gasteiger partial charge in [-0.3, -0.25) is 19.9 Å². The van der Waals surface area contributed by atoms with Gasteiger partial charge in [0.2, 0.25) is 0 Å². The number of nitro groups is 1. The number of ether oxygens (including phenoxy) is 2. The van der Waals surface area contributed by atoms with Gasteiger partial charge in [0.05, 0.1) is 17.6 Å². The molecule has 0 aliphatic rings. The van der Waals surface area contributed by atoms with Crippen LogP contribution in [0.1, 0.15) is 27.2 Å². The first-order valence-corrected chi connectivity index (χ1v) is 8.94. The fourth-order valence-corrected chi connectivity index (χ4v) is 2.70. The van der Waals surface area contributed by atoms with Gasteiger partial charge in [0, 0.05) is 0 Å². The minimum atomic E-state index is -1.11. The van der Waals surface area contributed by atoms with E-state index in [9.17, 15) is 24.5 Å². The molecule has 1 aromatic heterocycles. The third kappa shape index (κ3) is 4.93. The van der Waals surface area contributed by atoms with Crippen molar-refractivity contribution in [2.45, 2.75) is 6.92 Å². The number of carbonyl (C=O) groups excluding carboxylic acids is 1. The second kappa shape index (κ2) is 8.91. The van der Waals surface area contributed by atoms with Crippen LogP contribution in [-0.4, -0.2) is 28.0 Å². The molecule has 2 aromatic carbocycles. The molecule has 0 amide bonds. The number of hydrogen-bond acceptors (Lipinski definition) is 7. The number of carbonyl (C=O) groups is 1. The van der Waals surface area contributed by atoms with E-state index in [1.165, 1.54) is 31.4 Å². The van der Waals surface area contributed by atoms with Gasteiger partial charge in [-0.15, -0.1) is 0 Å². The number of benzene rings is 2. The molecule has 0 saturated carbocycles. The van der Waals surface area contributed by atoms with Crippen LogP contribution >= 0.6 is 0 Å². The van der Waals surface area contributed by atoms with Gasteiger partial charge in [0.1, 0.15) is 5.69 Å². The molecule has 31 heavy (non-hydrogen) atoms. The molecule has 1 heterocycles. The summed E-state index contributed by atoms with van der Waals surface area (Å²) < 4.78 is 10.7. The van der Waals surface area contributed by atoms with Crippen molar-refractivity contribution >= 4 is 23.8 Å². The Hall–Kier alpha value is -4.47. The average molecular weight is 423 g/mol. The highest BCUT2D eigenvalue weighted by Crippen LogP contribution is 2.29. The molecular formula is C21H17N3O7. The molecule has 158 valence electrons. The summed E-state index contributed by atoms with van der Waals surface area (Å²) in [5.41, 5.74) is -1.12. The third-order valence-corrected chi connectivity index (χ3v) is 4.25. The normalized spacial score (nSPS) is 10.8. The minimum absolute atomic E-state index is 0.181. The van der Waals surface area contributed by atoms with Crippen LogP contribution in [0.3, 0.4) is 0 Å². The molecule has 0 atom stereocenters. The van der Waals surface area contributed by atoms with Gasteiger partial charge in [-0.1, -0.05) is 29.8 Å². The lowest BCUT2D eigenvalue weighted by atomic mass is 10.1. The lowest BCUT2D eigenvalue weighted by molar-refractivity contribution is -0.386. The Labute approximate surface area is 174 Å². The molecule has 0 unspecified atom stereocenters. The predicted octanol–water partition coefficient (Wildman–Crippen LogP) is 2.68. The van der Waals surface area contributed by atoms with Crippen molar-refractivity contribution in [2.24, 2.45) is 0 Å². The number of H-pyrrole nitrogens is 2. The molecule has 0 saturated heterocycles. The lowest BCUT2D eigenvalue weighted by Crippen LogP contribution is -2.25. The molecule has 0 aliphatic heterocycles. The molecule has 3 aromatic rings. The molecule has 10 nitrogen and oxygen atoms in total. The van der Waals surface area contributed by atoms with Crippen molar-refractivity contribution in [3.63, 3.8) is 0 Å². The van der Waals surface area contributed by atoms with Crippen LogP contribution in [-0.2, 0) is 0 Å². The van der Waals surface area contributed by atoms with E-state index in [1.807, 2.05) is 11.9 Å². The maximum atomic E-state index is 12.3. The quantitative estimate of drug-likeness (QED) is 0.268. The second-order valence-electron chi connectivity index (χ2n) is 6.43. The first-order chi connectivity index (χ1) is 14.8. The molecule has 3 rings (SSSR count). The van der Waals surface area contributed by atoms with Crippen LogP contribution in [0.2, 0.25) is 0 Å². The van der Waals surface area contributed by atoms with E-state index in [1.54, 1.807) is 30.3 Å². The van der Waals surface area contributed by atoms with Gasteiger partial charge >= 0.3 is 22.9 Å². The summed E-state index contributed by atoms with van der Waals surface area (Å²) in [4.78, 5) is 49.7. The molecular weight excluding hydrogens is 406 g/mol. The third-order valence-electron chi connectivity index (χ3n) is 4.25. The van der Waals surface area contributed by atoms with Crippen LogP contribution < -0.4 is 20.7 Å². The van der Waals surface area contributed by atoms with Gasteiger partial charge in [0.15, 0.2) is 11.5 Å². The Morgan fingerprint density at radius 3 is 2.39 bits per heavy atom. The average Bonchev–Trinajstić information content (AvgIpc) is 2.72. The van der Waals surface area contributed by atoms with E-state index in [0.717, 1.165) is 5.56 Å². The molecule has 0 spiro atoms. The Bertz CT molecular complexity index is 1290. The lowest BCUT2D eigenvalue weighted by Gasteiger charge is -2.10. The zero-order chi connectivity index (χ0) is 22.5. The van der Waals surface area contributed by atoms with Gasteiger partial charge in [-0.05, 0) is 42.8 Å². The van der Waals surface area contributed by atoms with E-state index in [4.69, 9.17) is 9.47 Å². The second-order valence-corrected chi connectivity index (χ2v) is 6.43. The van der Waals surface area contributed by atoms with Crippen molar-refractivity contribution < 1.29 is 19.2 Å². The highest BCUT2D eigenvalue weighted by atomic mass is 16.6. The summed E-state index contributed by atoms with van der Waals surface area (Å²) in [6.07, 6.45) is 2.66. The number of nitrogens with one attached hydrogen (secondary N) is 2. The minimum Gasteiger partial charge on any atom is -0.493 e. The predicted molar refractivity (Wildman–Crippen MR) is 112 cm³/mol. The number of esters is 1. The first-order valence-electron chi connectivity index (χ1n) is 8.94.